The van der Waals surface area contributed by atoms with Crippen molar-refractivity contribution in [1.29, 1.82) is 0 Å². The Morgan fingerprint density at radius 2 is 2.13 bits per heavy atom. The predicted molar refractivity (Wildman–Crippen MR) is 67.4 cm³/mol. The van der Waals surface area contributed by atoms with Crippen molar-refractivity contribution in [3.8, 4) is 5.75 Å². The zero-order valence-electron chi connectivity index (χ0n) is 9.40. The maximum atomic E-state index is 5.86. The highest BCUT2D eigenvalue weighted by Gasteiger charge is 2.03. The van der Waals surface area contributed by atoms with Gasteiger partial charge in [0.25, 0.3) is 0 Å². The van der Waals surface area contributed by atoms with Crippen molar-refractivity contribution >= 4 is 11.8 Å². The summed E-state index contributed by atoms with van der Waals surface area (Å²) in [7, 11) is 1.71. The number of methoxy groups -OCH3 is 1. The zero-order chi connectivity index (χ0) is 11.1. The Morgan fingerprint density at radius 3 is 2.80 bits per heavy atom. The van der Waals surface area contributed by atoms with E-state index in [2.05, 4.69) is 13.0 Å². The SMILES string of the molecule is CCC(N)CSCc1ccccc1OC. The number of rotatable bonds is 6. The first-order valence-electron chi connectivity index (χ1n) is 5.23. The third kappa shape index (κ3) is 4.14. The number of ether oxygens (including phenoxy) is 1. The summed E-state index contributed by atoms with van der Waals surface area (Å²) in [6.45, 7) is 2.12. The fourth-order valence-corrected chi connectivity index (χ4v) is 2.38. The molecule has 1 rings (SSSR count). The number of thioether (sulfide) groups is 1. The van der Waals surface area contributed by atoms with Crippen LogP contribution >= 0.6 is 11.8 Å². The van der Waals surface area contributed by atoms with Gasteiger partial charge in [-0.05, 0) is 12.5 Å². The smallest absolute Gasteiger partial charge is 0.122 e. The third-order valence-corrected chi connectivity index (χ3v) is 3.49. The van der Waals surface area contributed by atoms with Crippen LogP contribution in [0.3, 0.4) is 0 Å². The molecule has 1 aromatic carbocycles. The lowest BCUT2D eigenvalue weighted by molar-refractivity contribution is 0.411. The largest absolute Gasteiger partial charge is 0.496 e. The van der Waals surface area contributed by atoms with Gasteiger partial charge in [0.15, 0.2) is 0 Å². The van der Waals surface area contributed by atoms with Crippen LogP contribution in [0.2, 0.25) is 0 Å². The predicted octanol–water partition coefficient (Wildman–Crippen LogP) is 2.67. The molecule has 1 atom stereocenters. The summed E-state index contributed by atoms with van der Waals surface area (Å²) in [4.78, 5) is 0. The molecule has 0 radical (unpaired) electrons. The molecule has 0 heterocycles. The second kappa shape index (κ2) is 6.75. The molecule has 2 N–H and O–H groups in total. The Bertz CT molecular complexity index is 291. The normalized spacial score (nSPS) is 12.5. The lowest BCUT2D eigenvalue weighted by Gasteiger charge is -2.10. The molecule has 3 heteroatoms. The van der Waals surface area contributed by atoms with Gasteiger partial charge in [-0.2, -0.15) is 11.8 Å². The first-order valence-corrected chi connectivity index (χ1v) is 6.38. The van der Waals surface area contributed by atoms with E-state index in [9.17, 15) is 0 Å². The van der Waals surface area contributed by atoms with Crippen molar-refractivity contribution in [2.24, 2.45) is 5.73 Å². The molecule has 0 aliphatic heterocycles. The fourth-order valence-electron chi connectivity index (χ4n) is 1.26. The van der Waals surface area contributed by atoms with Gasteiger partial charge in [-0.3, -0.25) is 0 Å². The molecule has 0 aliphatic rings. The minimum Gasteiger partial charge on any atom is -0.496 e. The number of nitrogens with two attached hydrogens (primary N) is 1. The molecule has 1 unspecified atom stereocenters. The van der Waals surface area contributed by atoms with E-state index in [1.54, 1.807) is 7.11 Å². The number of hydrogen-bond donors (Lipinski definition) is 1. The maximum Gasteiger partial charge on any atom is 0.122 e. The minimum atomic E-state index is 0.310. The van der Waals surface area contributed by atoms with E-state index in [0.717, 1.165) is 23.7 Å². The fraction of sp³-hybridized carbons (Fsp3) is 0.500. The summed E-state index contributed by atoms with van der Waals surface area (Å²) in [5.74, 6) is 2.95. The quantitative estimate of drug-likeness (QED) is 0.808. The van der Waals surface area contributed by atoms with Crippen LogP contribution in [0.15, 0.2) is 24.3 Å². The van der Waals surface area contributed by atoms with Crippen molar-refractivity contribution in [3.05, 3.63) is 29.8 Å². The molecule has 0 saturated heterocycles. The zero-order valence-corrected chi connectivity index (χ0v) is 10.2. The van der Waals surface area contributed by atoms with Gasteiger partial charge in [0.1, 0.15) is 5.75 Å². The average Bonchev–Trinajstić information content (AvgIpc) is 2.29. The Hall–Kier alpha value is -0.670. The van der Waals surface area contributed by atoms with Crippen LogP contribution in [0.5, 0.6) is 5.75 Å². The number of hydrogen-bond acceptors (Lipinski definition) is 3. The van der Waals surface area contributed by atoms with E-state index in [1.807, 2.05) is 30.0 Å². The van der Waals surface area contributed by atoms with E-state index in [0.29, 0.717) is 6.04 Å². The van der Waals surface area contributed by atoms with Crippen LogP contribution in [-0.4, -0.2) is 18.9 Å². The van der Waals surface area contributed by atoms with Gasteiger partial charge in [0.05, 0.1) is 7.11 Å². The van der Waals surface area contributed by atoms with E-state index in [1.165, 1.54) is 5.56 Å². The molecule has 84 valence electrons. The summed E-state index contributed by atoms with van der Waals surface area (Å²) in [6, 6.07) is 8.44. The van der Waals surface area contributed by atoms with Crippen LogP contribution in [0.25, 0.3) is 0 Å². The summed E-state index contributed by atoms with van der Waals surface area (Å²) in [5.41, 5.74) is 7.10. The van der Waals surface area contributed by atoms with E-state index >= 15 is 0 Å². The first kappa shape index (κ1) is 12.4. The Balaban J connectivity index is 2.43. The molecule has 2 nitrogen and oxygen atoms in total. The molecule has 0 bridgehead atoms. The van der Waals surface area contributed by atoms with Crippen LogP contribution in [0.4, 0.5) is 0 Å². The van der Waals surface area contributed by atoms with Crippen LogP contribution in [-0.2, 0) is 5.75 Å². The highest BCUT2D eigenvalue weighted by Crippen LogP contribution is 2.22. The van der Waals surface area contributed by atoms with Gasteiger partial charge in [-0.1, -0.05) is 25.1 Å². The summed E-state index contributed by atoms with van der Waals surface area (Å²) >= 11 is 1.86. The topological polar surface area (TPSA) is 35.2 Å². The van der Waals surface area contributed by atoms with Crippen LogP contribution < -0.4 is 10.5 Å². The van der Waals surface area contributed by atoms with Gasteiger partial charge < -0.3 is 10.5 Å². The second-order valence-corrected chi connectivity index (χ2v) is 4.53. The van der Waals surface area contributed by atoms with E-state index in [4.69, 9.17) is 10.5 Å². The van der Waals surface area contributed by atoms with Crippen molar-refractivity contribution in [3.63, 3.8) is 0 Å². The molecule has 0 saturated carbocycles. The molecular formula is C12H19NOS. The molecule has 0 fully saturated rings. The lowest BCUT2D eigenvalue weighted by Crippen LogP contribution is -2.21. The molecule has 15 heavy (non-hydrogen) atoms. The first-order chi connectivity index (χ1) is 7.27. The average molecular weight is 225 g/mol. The van der Waals surface area contributed by atoms with Crippen molar-refractivity contribution in [2.45, 2.75) is 25.1 Å². The van der Waals surface area contributed by atoms with Gasteiger partial charge in [0.2, 0.25) is 0 Å². The van der Waals surface area contributed by atoms with Crippen LogP contribution in [0.1, 0.15) is 18.9 Å². The lowest BCUT2D eigenvalue weighted by atomic mass is 10.2. The van der Waals surface area contributed by atoms with E-state index < -0.39 is 0 Å². The van der Waals surface area contributed by atoms with Crippen molar-refractivity contribution in [1.82, 2.24) is 0 Å². The molecule has 1 aromatic rings. The summed E-state index contributed by atoms with van der Waals surface area (Å²) < 4.78 is 5.28. The standard InChI is InChI=1S/C12H19NOS/c1-3-11(13)9-15-8-10-6-4-5-7-12(10)14-2/h4-7,11H,3,8-9,13H2,1-2H3. The second-order valence-electron chi connectivity index (χ2n) is 3.50. The number of benzene rings is 1. The Kier molecular flexibility index (Phi) is 5.58. The highest BCUT2D eigenvalue weighted by atomic mass is 32.2. The van der Waals surface area contributed by atoms with Gasteiger partial charge in [-0.25, -0.2) is 0 Å². The Morgan fingerprint density at radius 1 is 1.40 bits per heavy atom. The summed E-state index contributed by atoms with van der Waals surface area (Å²) in [6.07, 6.45) is 1.04. The molecule has 0 aromatic heterocycles. The highest BCUT2D eigenvalue weighted by molar-refractivity contribution is 7.98. The van der Waals surface area contributed by atoms with Crippen LogP contribution in [0, 0.1) is 0 Å². The summed E-state index contributed by atoms with van der Waals surface area (Å²) in [5, 5.41) is 0. The molecule has 0 aliphatic carbocycles. The minimum absolute atomic E-state index is 0.310. The molecule has 0 amide bonds. The molecule has 0 spiro atoms. The maximum absolute atomic E-state index is 5.86. The third-order valence-electron chi connectivity index (χ3n) is 2.31. The van der Waals surface area contributed by atoms with E-state index in [-0.39, 0.29) is 0 Å². The van der Waals surface area contributed by atoms with Gasteiger partial charge in [-0.15, -0.1) is 0 Å². The van der Waals surface area contributed by atoms with Gasteiger partial charge >= 0.3 is 0 Å². The monoisotopic (exact) mass is 225 g/mol. The number of para-hydroxylation sites is 1. The van der Waals surface area contributed by atoms with Crippen molar-refractivity contribution < 1.29 is 4.74 Å². The Labute approximate surface area is 96.2 Å². The molecular weight excluding hydrogens is 206 g/mol. The van der Waals surface area contributed by atoms with Gasteiger partial charge in [0, 0.05) is 23.1 Å². The van der Waals surface area contributed by atoms with Crippen molar-refractivity contribution in [2.75, 3.05) is 12.9 Å².